The molecule has 0 saturated carbocycles. The number of nitrogens with one attached hydrogen (secondary N) is 1. The molecule has 1 unspecified atom stereocenters. The molecule has 1 N–H and O–H groups in total. The van der Waals surface area contributed by atoms with E-state index in [0.717, 1.165) is 12.8 Å². The van der Waals surface area contributed by atoms with Gasteiger partial charge in [0, 0.05) is 31.0 Å². The van der Waals surface area contributed by atoms with Gasteiger partial charge in [0.1, 0.15) is 0 Å². The topological polar surface area (TPSA) is 47.0 Å². The number of nitrogens with zero attached hydrogens (tertiary/aromatic N) is 2. The first-order valence-corrected chi connectivity index (χ1v) is 8.58. The number of hydrogen-bond donors (Lipinski definition) is 1. The molecule has 3 heterocycles. The van der Waals surface area contributed by atoms with Crippen LogP contribution < -0.4 is 5.32 Å². The summed E-state index contributed by atoms with van der Waals surface area (Å²) in [6.45, 7) is 5.40. The molecule has 1 aliphatic rings. The molecule has 0 spiro atoms. The molecule has 1 aliphatic heterocycles. The third-order valence-corrected chi connectivity index (χ3v) is 4.60. The predicted octanol–water partition coefficient (Wildman–Crippen LogP) is 4.69. The fourth-order valence-electron chi connectivity index (χ4n) is 3.10. The highest BCUT2D eigenvalue weighted by Gasteiger charge is 2.28. The Morgan fingerprint density at radius 2 is 2.16 bits per heavy atom. The minimum absolute atomic E-state index is 0.134. The molecule has 2 aromatic rings. The van der Waals surface area contributed by atoms with Crippen LogP contribution in [0.2, 0.25) is 5.02 Å². The maximum Gasteiger partial charge on any atom is 0.213 e. The van der Waals surface area contributed by atoms with E-state index in [1.807, 2.05) is 0 Å². The van der Waals surface area contributed by atoms with E-state index in [9.17, 15) is 8.78 Å². The van der Waals surface area contributed by atoms with Crippen molar-refractivity contribution >= 4 is 17.4 Å². The van der Waals surface area contributed by atoms with Crippen LogP contribution in [-0.4, -0.2) is 28.7 Å². The summed E-state index contributed by atoms with van der Waals surface area (Å²) in [5, 5.41) is 3.33. The summed E-state index contributed by atoms with van der Waals surface area (Å²) in [5.74, 6) is -0.615. The van der Waals surface area contributed by atoms with Gasteiger partial charge < -0.3 is 10.1 Å². The van der Waals surface area contributed by atoms with E-state index < -0.39 is 11.8 Å². The fraction of sp³-hybridized carbons (Fsp3) is 0.444. The highest BCUT2D eigenvalue weighted by atomic mass is 35.5. The van der Waals surface area contributed by atoms with Gasteiger partial charge in [-0.15, -0.1) is 0 Å². The standard InChI is InChI=1S/C18H20ClF2N3O/c1-18(2)8-11(5-6-25-18)9-23-17-14(20)3-4-15(24-17)12-7-16(21)22-10-13(12)19/h3-4,7,10-11H,5-6,8-9H2,1-2H3,(H,23,24). The van der Waals surface area contributed by atoms with E-state index >= 15 is 0 Å². The van der Waals surface area contributed by atoms with Crippen LogP contribution in [0.4, 0.5) is 14.6 Å². The molecule has 134 valence electrons. The highest BCUT2D eigenvalue weighted by Crippen LogP contribution is 2.30. The normalized spacial score (nSPS) is 19.6. The summed E-state index contributed by atoms with van der Waals surface area (Å²) in [7, 11) is 0. The minimum atomic E-state index is -0.663. The van der Waals surface area contributed by atoms with Crippen LogP contribution in [0.5, 0.6) is 0 Å². The number of rotatable bonds is 4. The molecular formula is C18H20ClF2N3O. The van der Waals surface area contributed by atoms with Crippen molar-refractivity contribution in [3.8, 4) is 11.3 Å². The van der Waals surface area contributed by atoms with Crippen molar-refractivity contribution < 1.29 is 13.5 Å². The number of pyridine rings is 2. The maximum absolute atomic E-state index is 14.1. The van der Waals surface area contributed by atoms with Crippen LogP contribution in [-0.2, 0) is 4.74 Å². The molecule has 1 saturated heterocycles. The second-order valence-electron chi connectivity index (χ2n) is 6.86. The second kappa shape index (κ2) is 7.22. The van der Waals surface area contributed by atoms with Crippen molar-refractivity contribution in [2.24, 2.45) is 5.92 Å². The number of anilines is 1. The lowest BCUT2D eigenvalue weighted by atomic mass is 9.88. The zero-order valence-corrected chi connectivity index (χ0v) is 14.9. The molecular weight excluding hydrogens is 348 g/mol. The summed E-state index contributed by atoms with van der Waals surface area (Å²) in [4.78, 5) is 7.76. The van der Waals surface area contributed by atoms with E-state index in [4.69, 9.17) is 16.3 Å². The van der Waals surface area contributed by atoms with Gasteiger partial charge in [-0.25, -0.2) is 14.4 Å². The molecule has 25 heavy (non-hydrogen) atoms. The highest BCUT2D eigenvalue weighted by molar-refractivity contribution is 6.33. The average Bonchev–Trinajstić information content (AvgIpc) is 2.55. The van der Waals surface area contributed by atoms with Gasteiger partial charge in [-0.3, -0.25) is 0 Å². The van der Waals surface area contributed by atoms with Crippen molar-refractivity contribution in [1.82, 2.24) is 9.97 Å². The molecule has 0 amide bonds. The Balaban J connectivity index is 1.77. The van der Waals surface area contributed by atoms with Crippen molar-refractivity contribution in [1.29, 1.82) is 0 Å². The van der Waals surface area contributed by atoms with Gasteiger partial charge >= 0.3 is 0 Å². The van der Waals surface area contributed by atoms with Gasteiger partial charge in [-0.1, -0.05) is 11.6 Å². The second-order valence-corrected chi connectivity index (χ2v) is 7.27. The maximum atomic E-state index is 14.1. The molecule has 0 radical (unpaired) electrons. The number of hydrogen-bond acceptors (Lipinski definition) is 4. The van der Waals surface area contributed by atoms with Gasteiger partial charge in [0.15, 0.2) is 11.6 Å². The minimum Gasteiger partial charge on any atom is -0.376 e. The van der Waals surface area contributed by atoms with E-state index in [1.165, 1.54) is 24.4 Å². The smallest absolute Gasteiger partial charge is 0.213 e. The molecule has 0 aromatic carbocycles. The summed E-state index contributed by atoms with van der Waals surface area (Å²) >= 11 is 6.06. The molecule has 2 aromatic heterocycles. The summed E-state index contributed by atoms with van der Waals surface area (Å²) < 4.78 is 33.2. The quantitative estimate of drug-likeness (QED) is 0.796. The lowest BCUT2D eigenvalue weighted by Gasteiger charge is -2.35. The summed E-state index contributed by atoms with van der Waals surface area (Å²) in [5.41, 5.74) is 0.604. The van der Waals surface area contributed by atoms with Crippen LogP contribution in [0.1, 0.15) is 26.7 Å². The third kappa shape index (κ3) is 4.44. The first kappa shape index (κ1) is 18.0. The molecule has 1 atom stereocenters. The van der Waals surface area contributed by atoms with Crippen LogP contribution in [0, 0.1) is 17.7 Å². The predicted molar refractivity (Wildman–Crippen MR) is 93.6 cm³/mol. The van der Waals surface area contributed by atoms with E-state index in [-0.39, 0.29) is 16.4 Å². The first-order chi connectivity index (χ1) is 11.8. The Bertz CT molecular complexity index is 770. The van der Waals surface area contributed by atoms with E-state index in [0.29, 0.717) is 30.3 Å². The average molecular weight is 368 g/mol. The Morgan fingerprint density at radius 1 is 1.36 bits per heavy atom. The molecule has 1 fully saturated rings. The van der Waals surface area contributed by atoms with Gasteiger partial charge in [0.05, 0.1) is 16.3 Å². The van der Waals surface area contributed by atoms with Crippen molar-refractivity contribution in [2.75, 3.05) is 18.5 Å². The van der Waals surface area contributed by atoms with E-state index in [2.05, 4.69) is 29.1 Å². The molecule has 0 bridgehead atoms. The first-order valence-electron chi connectivity index (χ1n) is 8.20. The monoisotopic (exact) mass is 367 g/mol. The summed E-state index contributed by atoms with van der Waals surface area (Å²) in [6.07, 6.45) is 3.02. The largest absolute Gasteiger partial charge is 0.376 e. The third-order valence-electron chi connectivity index (χ3n) is 4.30. The Kier molecular flexibility index (Phi) is 5.20. The molecule has 0 aliphatic carbocycles. The SMILES string of the molecule is CC1(C)CC(CNc2nc(-c3cc(F)ncc3Cl)ccc2F)CCO1. The van der Waals surface area contributed by atoms with Gasteiger partial charge in [-0.05, 0) is 44.7 Å². The van der Waals surface area contributed by atoms with E-state index in [1.54, 1.807) is 0 Å². The van der Waals surface area contributed by atoms with Crippen LogP contribution in [0.3, 0.4) is 0 Å². The van der Waals surface area contributed by atoms with Crippen LogP contribution in [0.25, 0.3) is 11.3 Å². The number of aromatic nitrogens is 2. The van der Waals surface area contributed by atoms with Gasteiger partial charge in [0.25, 0.3) is 0 Å². The Labute approximate surface area is 150 Å². The number of ether oxygens (including phenoxy) is 1. The van der Waals surface area contributed by atoms with Crippen LogP contribution >= 0.6 is 11.6 Å². The lowest BCUT2D eigenvalue weighted by molar-refractivity contribution is -0.0699. The Morgan fingerprint density at radius 3 is 2.92 bits per heavy atom. The molecule has 7 heteroatoms. The van der Waals surface area contributed by atoms with Crippen molar-refractivity contribution in [2.45, 2.75) is 32.3 Å². The van der Waals surface area contributed by atoms with Crippen LogP contribution in [0.15, 0.2) is 24.4 Å². The molecule has 3 rings (SSSR count). The Hall–Kier alpha value is -1.79. The van der Waals surface area contributed by atoms with Gasteiger partial charge in [0.2, 0.25) is 5.95 Å². The lowest BCUT2D eigenvalue weighted by Crippen LogP contribution is -2.36. The molecule has 4 nitrogen and oxygen atoms in total. The van der Waals surface area contributed by atoms with Crippen molar-refractivity contribution in [3.63, 3.8) is 0 Å². The fourth-order valence-corrected chi connectivity index (χ4v) is 3.30. The zero-order chi connectivity index (χ0) is 18.0. The van der Waals surface area contributed by atoms with Crippen molar-refractivity contribution in [3.05, 3.63) is 41.2 Å². The van der Waals surface area contributed by atoms with Gasteiger partial charge in [-0.2, -0.15) is 4.39 Å². The number of halogens is 3. The zero-order valence-electron chi connectivity index (χ0n) is 14.2. The summed E-state index contributed by atoms with van der Waals surface area (Å²) in [6, 6.07) is 3.96.